The quantitative estimate of drug-likeness (QED) is 0.154. The van der Waals surface area contributed by atoms with E-state index in [0.29, 0.717) is 11.6 Å². The molecule has 4 heteroatoms. The lowest BCUT2D eigenvalue weighted by Gasteiger charge is -2.42. The number of hydrogen-bond acceptors (Lipinski definition) is 0. The maximum absolute atomic E-state index is 2.76. The predicted octanol–water partition coefficient (Wildman–Crippen LogP) is 12.2. The van der Waals surface area contributed by atoms with Gasteiger partial charge in [0, 0.05) is 11.1 Å². The fraction of sp³-hybridized carbons (Fsp3) is 0.634. The third-order valence-electron chi connectivity index (χ3n) is 12.0. The van der Waals surface area contributed by atoms with E-state index >= 15 is 0 Å². The highest BCUT2D eigenvalue weighted by atomic mass is 31.1. The summed E-state index contributed by atoms with van der Waals surface area (Å²) in [6.07, 6.45) is 36.8. The standard InChI is InChI=1S/C41H59N2P2/c1-7-19-34(20-8-1)40(44(36-23-11-3-12-24-36)37-25-13-4-14-26-37)42-31-32-43(33-42)41(35-21-9-2-10-22-35)45(38-27-15-5-16-28-38)39-29-17-6-18-30-39/h1-2,7-10,19-22,31-33,36-41H,3-6,11-18,23-30H2/q+1/t40-,41-/m1/s1. The Kier molecular flexibility index (Phi) is 11.5. The normalized spacial score (nSPS) is 23.0. The summed E-state index contributed by atoms with van der Waals surface area (Å²) in [5.74, 6) is 1.00. The molecule has 0 spiro atoms. The predicted molar refractivity (Wildman–Crippen MR) is 195 cm³/mol. The maximum Gasteiger partial charge on any atom is 0.245 e. The molecule has 2 atom stereocenters. The van der Waals surface area contributed by atoms with E-state index in [1.165, 1.54) is 128 Å². The second-order valence-electron chi connectivity index (χ2n) is 14.9. The zero-order valence-corrected chi connectivity index (χ0v) is 29.7. The van der Waals surface area contributed by atoms with Crippen LogP contribution in [-0.2, 0) is 0 Å². The van der Waals surface area contributed by atoms with Crippen molar-refractivity contribution in [2.45, 2.75) is 163 Å². The summed E-state index contributed by atoms with van der Waals surface area (Å²) in [5.41, 5.74) is 6.82. The van der Waals surface area contributed by atoms with E-state index in [1.54, 1.807) is 11.1 Å². The monoisotopic (exact) mass is 641 g/mol. The average Bonchev–Trinajstić information content (AvgIpc) is 3.61. The second kappa shape index (κ2) is 16.1. The highest BCUT2D eigenvalue weighted by Crippen LogP contribution is 2.66. The fourth-order valence-electron chi connectivity index (χ4n) is 9.83. The van der Waals surface area contributed by atoms with E-state index in [9.17, 15) is 0 Å². The summed E-state index contributed by atoms with van der Waals surface area (Å²) < 4.78 is 5.52. The van der Waals surface area contributed by atoms with Crippen LogP contribution in [0.4, 0.5) is 0 Å². The van der Waals surface area contributed by atoms with Crippen molar-refractivity contribution in [2.75, 3.05) is 0 Å². The van der Waals surface area contributed by atoms with Gasteiger partial charge in [0.15, 0.2) is 0 Å². The molecule has 4 aliphatic rings. The second-order valence-corrected chi connectivity index (χ2v) is 20.6. The van der Waals surface area contributed by atoms with Gasteiger partial charge in [0.2, 0.25) is 6.33 Å². The van der Waals surface area contributed by atoms with Crippen molar-refractivity contribution in [1.82, 2.24) is 4.57 Å². The molecule has 0 saturated heterocycles. The van der Waals surface area contributed by atoms with Crippen LogP contribution in [0.2, 0.25) is 0 Å². The molecule has 0 aliphatic heterocycles. The Hall–Kier alpha value is -1.49. The van der Waals surface area contributed by atoms with Crippen molar-refractivity contribution in [1.29, 1.82) is 0 Å². The van der Waals surface area contributed by atoms with Crippen molar-refractivity contribution >= 4 is 15.8 Å². The van der Waals surface area contributed by atoms with Crippen molar-refractivity contribution < 1.29 is 4.57 Å². The number of nitrogens with zero attached hydrogens (tertiary/aromatic N) is 2. The Balaban J connectivity index is 1.31. The van der Waals surface area contributed by atoms with Gasteiger partial charge in [-0.05, 0) is 89.8 Å². The molecular formula is C41H59N2P2+. The van der Waals surface area contributed by atoms with Crippen LogP contribution < -0.4 is 4.57 Å². The fourth-order valence-corrected chi connectivity index (χ4v) is 18.4. The van der Waals surface area contributed by atoms with Gasteiger partial charge in [0.1, 0.15) is 24.0 Å². The Morgan fingerprint density at radius 2 is 0.889 bits per heavy atom. The first kappa shape index (κ1) is 32.1. The molecule has 0 amide bonds. The number of hydrogen-bond donors (Lipinski definition) is 0. The lowest BCUT2D eigenvalue weighted by Crippen LogP contribution is -2.41. The molecule has 242 valence electrons. The third-order valence-corrected chi connectivity index (χ3v) is 19.7. The number of benzene rings is 2. The molecule has 0 radical (unpaired) electrons. The minimum atomic E-state index is -0.158. The van der Waals surface area contributed by atoms with Gasteiger partial charge >= 0.3 is 0 Å². The van der Waals surface area contributed by atoms with E-state index in [-0.39, 0.29) is 15.8 Å². The van der Waals surface area contributed by atoms with Gasteiger partial charge in [-0.2, -0.15) is 0 Å². The highest BCUT2D eigenvalue weighted by molar-refractivity contribution is 7.59. The number of rotatable bonds is 10. The van der Waals surface area contributed by atoms with Crippen molar-refractivity contribution in [2.24, 2.45) is 0 Å². The van der Waals surface area contributed by atoms with Gasteiger partial charge in [-0.25, -0.2) is 9.13 Å². The van der Waals surface area contributed by atoms with E-state index < -0.39 is 0 Å². The Morgan fingerprint density at radius 1 is 0.489 bits per heavy atom. The molecule has 2 nitrogen and oxygen atoms in total. The van der Waals surface area contributed by atoms with Crippen molar-refractivity contribution in [3.05, 3.63) is 90.5 Å². The van der Waals surface area contributed by atoms with Crippen LogP contribution >= 0.6 is 15.8 Å². The summed E-state index contributed by atoms with van der Waals surface area (Å²) in [5, 5.41) is 0. The minimum absolute atomic E-state index is 0.158. The topological polar surface area (TPSA) is 8.81 Å². The minimum Gasteiger partial charge on any atom is -0.226 e. The Labute approximate surface area is 277 Å². The van der Waals surface area contributed by atoms with Crippen molar-refractivity contribution in [3.63, 3.8) is 0 Å². The SMILES string of the molecule is c1ccc([C@H](n2cc[n+]([C@@H](c3ccccc3)P(C3CCCCC3)C3CCCCC3)c2)P(C2CCCCC2)C2CCCCC2)cc1. The summed E-state index contributed by atoms with van der Waals surface area (Å²) in [6.45, 7) is 0. The molecular weight excluding hydrogens is 582 g/mol. The first-order chi connectivity index (χ1) is 22.4. The molecule has 0 unspecified atom stereocenters. The lowest BCUT2D eigenvalue weighted by molar-refractivity contribution is -0.692. The molecule has 0 N–H and O–H groups in total. The van der Waals surface area contributed by atoms with Crippen LogP contribution in [0.3, 0.4) is 0 Å². The van der Waals surface area contributed by atoms with E-state index in [4.69, 9.17) is 0 Å². The molecule has 2 aromatic carbocycles. The van der Waals surface area contributed by atoms with Gasteiger partial charge in [0.25, 0.3) is 0 Å². The van der Waals surface area contributed by atoms with Crippen LogP contribution in [0.1, 0.15) is 151 Å². The van der Waals surface area contributed by atoms with E-state index in [0.717, 1.165) is 22.6 Å². The molecule has 4 saturated carbocycles. The lowest BCUT2D eigenvalue weighted by atomic mass is 9.99. The molecule has 1 aromatic heterocycles. The summed E-state index contributed by atoms with van der Waals surface area (Å²) in [4.78, 5) is 0. The van der Waals surface area contributed by atoms with Gasteiger partial charge < -0.3 is 0 Å². The Bertz CT molecular complexity index is 1130. The molecule has 7 rings (SSSR count). The van der Waals surface area contributed by atoms with Gasteiger partial charge in [0.05, 0.1) is 0 Å². The van der Waals surface area contributed by atoms with Crippen LogP contribution in [0.25, 0.3) is 0 Å². The molecule has 1 heterocycles. The van der Waals surface area contributed by atoms with Gasteiger partial charge in [-0.1, -0.05) is 138 Å². The summed E-state index contributed by atoms with van der Waals surface area (Å²) in [6, 6.07) is 23.6. The number of aromatic nitrogens is 2. The Morgan fingerprint density at radius 3 is 1.33 bits per heavy atom. The molecule has 4 fully saturated rings. The largest absolute Gasteiger partial charge is 0.245 e. The van der Waals surface area contributed by atoms with Gasteiger partial charge in [-0.3, -0.25) is 0 Å². The van der Waals surface area contributed by atoms with Crippen LogP contribution in [0, 0.1) is 0 Å². The van der Waals surface area contributed by atoms with Crippen LogP contribution in [0.15, 0.2) is 79.4 Å². The zero-order valence-electron chi connectivity index (χ0n) is 27.9. The third kappa shape index (κ3) is 7.65. The average molecular weight is 642 g/mol. The van der Waals surface area contributed by atoms with Crippen LogP contribution in [0.5, 0.6) is 0 Å². The smallest absolute Gasteiger partial charge is 0.226 e. The maximum atomic E-state index is 2.76. The molecule has 3 aromatic rings. The summed E-state index contributed by atoms with van der Waals surface area (Å²) >= 11 is 0. The van der Waals surface area contributed by atoms with E-state index in [1.807, 2.05) is 0 Å². The molecule has 4 aliphatic carbocycles. The highest BCUT2D eigenvalue weighted by Gasteiger charge is 2.43. The van der Waals surface area contributed by atoms with Crippen LogP contribution in [-0.4, -0.2) is 27.2 Å². The van der Waals surface area contributed by atoms with Crippen molar-refractivity contribution in [3.8, 4) is 0 Å². The molecule has 45 heavy (non-hydrogen) atoms. The molecule has 0 bridgehead atoms. The van der Waals surface area contributed by atoms with Gasteiger partial charge in [-0.15, -0.1) is 0 Å². The first-order valence-corrected chi connectivity index (χ1v) is 22.2. The first-order valence-electron chi connectivity index (χ1n) is 19.1. The van der Waals surface area contributed by atoms with E-state index in [2.05, 4.69) is 88.5 Å². The summed E-state index contributed by atoms with van der Waals surface area (Å²) in [7, 11) is -0.316. The zero-order chi connectivity index (χ0) is 30.3. The number of imidazole rings is 1.